The maximum Gasteiger partial charge on any atom is 0.194 e. The maximum atomic E-state index is 10.6. The maximum absolute atomic E-state index is 10.6. The number of imidazole rings is 1. The van der Waals surface area contributed by atoms with E-state index in [4.69, 9.17) is 4.98 Å². The summed E-state index contributed by atoms with van der Waals surface area (Å²) >= 11 is 3.30. The van der Waals surface area contributed by atoms with E-state index >= 15 is 0 Å². The van der Waals surface area contributed by atoms with E-state index in [1.807, 2.05) is 23.8 Å². The molecule has 0 bridgehead atoms. The van der Waals surface area contributed by atoms with Gasteiger partial charge in [-0.25, -0.2) is 4.98 Å². The zero-order valence-corrected chi connectivity index (χ0v) is 14.1. The van der Waals surface area contributed by atoms with Crippen molar-refractivity contribution in [3.05, 3.63) is 45.4 Å². The van der Waals surface area contributed by atoms with E-state index < -0.39 is 5.60 Å². The van der Waals surface area contributed by atoms with Gasteiger partial charge in [-0.1, -0.05) is 0 Å². The van der Waals surface area contributed by atoms with Crippen LogP contribution in [-0.4, -0.2) is 21.0 Å². The standard InChI is InChI=1S/C16H19N3OS2/c1-16(20,12-4-6-21-9-12)10-17-8-13-14(11-2-3-11)18-15-19(13)5-7-22-15/h4-7,9,11,17,20H,2-3,8,10H2,1H3. The van der Waals surface area contributed by atoms with Gasteiger partial charge in [0.25, 0.3) is 0 Å². The third-order valence-corrected chi connectivity index (χ3v) is 5.70. The second-order valence-corrected chi connectivity index (χ2v) is 7.82. The number of thiazole rings is 1. The fraction of sp³-hybridized carbons (Fsp3) is 0.438. The Morgan fingerprint density at radius 3 is 3.05 bits per heavy atom. The van der Waals surface area contributed by atoms with Crippen LogP contribution in [0, 0.1) is 0 Å². The Labute approximate surface area is 137 Å². The van der Waals surface area contributed by atoms with Crippen LogP contribution in [-0.2, 0) is 12.1 Å². The summed E-state index contributed by atoms with van der Waals surface area (Å²) in [5.41, 5.74) is 2.63. The fourth-order valence-corrected chi connectivity index (χ4v) is 4.33. The molecule has 6 heteroatoms. The number of aliphatic hydroxyl groups is 1. The minimum atomic E-state index is -0.835. The van der Waals surface area contributed by atoms with Gasteiger partial charge in [-0.05, 0) is 42.2 Å². The Morgan fingerprint density at radius 1 is 1.45 bits per heavy atom. The van der Waals surface area contributed by atoms with Crippen molar-refractivity contribution in [1.29, 1.82) is 0 Å². The van der Waals surface area contributed by atoms with Crippen LogP contribution in [0.1, 0.15) is 42.6 Å². The molecule has 3 aromatic rings. The molecule has 1 saturated carbocycles. The van der Waals surface area contributed by atoms with Gasteiger partial charge in [0.1, 0.15) is 0 Å². The van der Waals surface area contributed by atoms with Crippen LogP contribution >= 0.6 is 22.7 Å². The first-order valence-corrected chi connectivity index (χ1v) is 9.37. The monoisotopic (exact) mass is 333 g/mol. The average molecular weight is 333 g/mol. The number of hydrogen-bond donors (Lipinski definition) is 2. The number of nitrogens with one attached hydrogen (secondary N) is 1. The van der Waals surface area contributed by atoms with E-state index in [-0.39, 0.29) is 0 Å². The van der Waals surface area contributed by atoms with Gasteiger partial charge in [-0.3, -0.25) is 4.40 Å². The second-order valence-electron chi connectivity index (χ2n) is 6.16. The molecule has 0 spiro atoms. The Hall–Kier alpha value is -1.21. The predicted octanol–water partition coefficient (Wildman–Crippen LogP) is 3.33. The van der Waals surface area contributed by atoms with Crippen molar-refractivity contribution in [2.24, 2.45) is 0 Å². The highest BCUT2D eigenvalue weighted by atomic mass is 32.1. The summed E-state index contributed by atoms with van der Waals surface area (Å²) in [6.07, 6.45) is 4.60. The second kappa shape index (κ2) is 5.45. The molecule has 1 aliphatic rings. The van der Waals surface area contributed by atoms with Gasteiger partial charge in [0.05, 0.1) is 17.0 Å². The molecular formula is C16H19N3OS2. The summed E-state index contributed by atoms with van der Waals surface area (Å²) in [5, 5.41) is 20.1. The van der Waals surface area contributed by atoms with E-state index in [2.05, 4.69) is 21.3 Å². The van der Waals surface area contributed by atoms with Crippen molar-refractivity contribution in [2.45, 2.75) is 37.8 Å². The van der Waals surface area contributed by atoms with Gasteiger partial charge >= 0.3 is 0 Å². The molecule has 3 heterocycles. The van der Waals surface area contributed by atoms with Crippen LogP contribution < -0.4 is 5.32 Å². The number of rotatable bonds is 6. The summed E-state index contributed by atoms with van der Waals surface area (Å²) in [4.78, 5) is 5.85. The number of hydrogen-bond acceptors (Lipinski definition) is 5. The van der Waals surface area contributed by atoms with E-state index in [0.29, 0.717) is 12.5 Å². The molecule has 2 N–H and O–H groups in total. The van der Waals surface area contributed by atoms with E-state index in [1.54, 1.807) is 22.7 Å². The molecular weight excluding hydrogens is 314 g/mol. The van der Waals surface area contributed by atoms with Crippen LogP contribution in [0.5, 0.6) is 0 Å². The Morgan fingerprint density at radius 2 is 2.32 bits per heavy atom. The van der Waals surface area contributed by atoms with Crippen LogP contribution in [0.25, 0.3) is 4.96 Å². The average Bonchev–Trinajstić information content (AvgIpc) is 2.94. The number of aromatic nitrogens is 2. The van der Waals surface area contributed by atoms with Crippen molar-refractivity contribution in [3.63, 3.8) is 0 Å². The first kappa shape index (κ1) is 14.4. The first-order chi connectivity index (χ1) is 10.6. The van der Waals surface area contributed by atoms with Crippen molar-refractivity contribution < 1.29 is 5.11 Å². The van der Waals surface area contributed by atoms with Crippen molar-refractivity contribution in [2.75, 3.05) is 6.54 Å². The lowest BCUT2D eigenvalue weighted by Crippen LogP contribution is -2.35. The molecule has 4 nitrogen and oxygen atoms in total. The molecule has 0 radical (unpaired) electrons. The van der Waals surface area contributed by atoms with Gasteiger partial charge in [-0.2, -0.15) is 11.3 Å². The van der Waals surface area contributed by atoms with Crippen LogP contribution in [0.4, 0.5) is 0 Å². The van der Waals surface area contributed by atoms with E-state index in [0.717, 1.165) is 17.1 Å². The van der Waals surface area contributed by atoms with Gasteiger partial charge in [0.15, 0.2) is 4.96 Å². The Bertz CT molecular complexity index is 769. The van der Waals surface area contributed by atoms with Crippen LogP contribution in [0.3, 0.4) is 0 Å². The molecule has 0 aliphatic heterocycles. The van der Waals surface area contributed by atoms with E-state index in [9.17, 15) is 5.11 Å². The summed E-state index contributed by atoms with van der Waals surface area (Å²) < 4.78 is 2.19. The molecule has 4 rings (SSSR count). The van der Waals surface area contributed by atoms with Crippen LogP contribution in [0.15, 0.2) is 28.4 Å². The first-order valence-electron chi connectivity index (χ1n) is 7.55. The number of fused-ring (bicyclic) bond motifs is 1. The molecule has 1 aliphatic carbocycles. The summed E-state index contributed by atoms with van der Waals surface area (Å²) in [7, 11) is 0. The summed E-state index contributed by atoms with van der Waals surface area (Å²) in [5.74, 6) is 0.640. The smallest absolute Gasteiger partial charge is 0.194 e. The summed E-state index contributed by atoms with van der Waals surface area (Å²) in [6, 6.07) is 1.98. The molecule has 3 aromatic heterocycles. The molecule has 1 atom stereocenters. The Kier molecular flexibility index (Phi) is 3.57. The normalized spacial score (nSPS) is 17.9. The molecule has 1 fully saturated rings. The molecule has 0 saturated heterocycles. The molecule has 0 aromatic carbocycles. The lowest BCUT2D eigenvalue weighted by molar-refractivity contribution is 0.0570. The number of nitrogens with zero attached hydrogens (tertiary/aromatic N) is 2. The van der Waals surface area contributed by atoms with Gasteiger partial charge in [-0.15, -0.1) is 11.3 Å². The highest BCUT2D eigenvalue weighted by Gasteiger charge is 2.30. The molecule has 1 unspecified atom stereocenters. The van der Waals surface area contributed by atoms with Crippen molar-refractivity contribution >= 4 is 27.6 Å². The minimum Gasteiger partial charge on any atom is -0.384 e. The molecule has 116 valence electrons. The highest BCUT2D eigenvalue weighted by molar-refractivity contribution is 7.15. The third-order valence-electron chi connectivity index (χ3n) is 4.26. The zero-order valence-electron chi connectivity index (χ0n) is 12.5. The SMILES string of the molecule is CC(O)(CNCc1c(C2CC2)nc2sccn12)c1ccsc1. The fourth-order valence-electron chi connectivity index (χ4n) is 2.81. The topological polar surface area (TPSA) is 49.6 Å². The largest absolute Gasteiger partial charge is 0.384 e. The van der Waals surface area contributed by atoms with Crippen molar-refractivity contribution in [1.82, 2.24) is 14.7 Å². The molecule has 0 amide bonds. The van der Waals surface area contributed by atoms with Gasteiger partial charge < -0.3 is 10.4 Å². The zero-order chi connectivity index (χ0) is 15.2. The quantitative estimate of drug-likeness (QED) is 0.727. The van der Waals surface area contributed by atoms with E-state index in [1.165, 1.54) is 24.2 Å². The lowest BCUT2D eigenvalue weighted by Gasteiger charge is -2.23. The molecule has 22 heavy (non-hydrogen) atoms. The predicted molar refractivity (Wildman–Crippen MR) is 90.6 cm³/mol. The van der Waals surface area contributed by atoms with Crippen LogP contribution in [0.2, 0.25) is 0 Å². The lowest BCUT2D eigenvalue weighted by atomic mass is 9.99. The number of thiophene rings is 1. The van der Waals surface area contributed by atoms with Gasteiger partial charge in [0, 0.05) is 30.6 Å². The van der Waals surface area contributed by atoms with Crippen molar-refractivity contribution in [3.8, 4) is 0 Å². The summed E-state index contributed by atoms with van der Waals surface area (Å²) in [6.45, 7) is 3.13. The highest BCUT2D eigenvalue weighted by Crippen LogP contribution is 2.41. The Balaban J connectivity index is 1.50. The van der Waals surface area contributed by atoms with Gasteiger partial charge in [0.2, 0.25) is 0 Å². The minimum absolute atomic E-state index is 0.533. The third kappa shape index (κ3) is 2.60.